The molecule has 3 aliphatic rings. The summed E-state index contributed by atoms with van der Waals surface area (Å²) in [5.74, 6) is -2.50. The van der Waals surface area contributed by atoms with Gasteiger partial charge in [0.05, 0.1) is 30.6 Å². The van der Waals surface area contributed by atoms with Gasteiger partial charge in [-0.2, -0.15) is 0 Å². The molecule has 1 N–H and O–H groups in total. The van der Waals surface area contributed by atoms with Gasteiger partial charge in [-0.3, -0.25) is 14.4 Å². The van der Waals surface area contributed by atoms with Gasteiger partial charge in [-0.15, -0.1) is 13.2 Å². The molecule has 236 valence electrons. The van der Waals surface area contributed by atoms with E-state index in [1.54, 1.807) is 33.9 Å². The van der Waals surface area contributed by atoms with Crippen molar-refractivity contribution in [2.24, 2.45) is 17.8 Å². The van der Waals surface area contributed by atoms with Gasteiger partial charge in [0.1, 0.15) is 11.6 Å². The van der Waals surface area contributed by atoms with E-state index in [0.717, 1.165) is 18.8 Å². The van der Waals surface area contributed by atoms with E-state index in [1.807, 2.05) is 38.1 Å². The summed E-state index contributed by atoms with van der Waals surface area (Å²) in [6, 6.07) is 6.19. The number of aliphatic hydroxyl groups is 1. The van der Waals surface area contributed by atoms with Crippen LogP contribution in [0.15, 0.2) is 49.6 Å². The molecule has 0 aliphatic carbocycles. The monoisotopic (exact) mass is 658 g/mol. The molecule has 0 aromatic heterocycles. The lowest BCUT2D eigenvalue weighted by Gasteiger charge is -2.41. The van der Waals surface area contributed by atoms with Gasteiger partial charge in [0, 0.05) is 49.4 Å². The van der Waals surface area contributed by atoms with Crippen LogP contribution in [-0.4, -0.2) is 101 Å². The minimum absolute atomic E-state index is 0.0877. The number of carbonyl (C=O) groups excluding carboxylic acids is 3. The van der Waals surface area contributed by atoms with E-state index in [2.05, 4.69) is 47.8 Å². The summed E-state index contributed by atoms with van der Waals surface area (Å²) in [7, 11) is 1.69. The Morgan fingerprint density at radius 1 is 1.12 bits per heavy atom. The molecule has 0 saturated carbocycles. The number of carbonyl (C=O) groups is 3. The smallest absolute Gasteiger partial charge is 0.253 e. The molecule has 8 atom stereocenters. The summed E-state index contributed by atoms with van der Waals surface area (Å²) in [6.45, 7) is 17.8. The fourth-order valence-corrected chi connectivity index (χ4v) is 8.31. The average molecular weight is 660 g/mol. The number of hydrogen-bond donors (Lipinski definition) is 1. The first kappa shape index (κ1) is 33.2. The maximum Gasteiger partial charge on any atom is 0.253 e. The predicted octanol–water partition coefficient (Wildman–Crippen LogP) is 3.85. The Bertz CT molecular complexity index is 1210. The maximum absolute atomic E-state index is 14.9. The second-order valence-electron chi connectivity index (χ2n) is 12.0. The third-order valence-electron chi connectivity index (χ3n) is 9.74. The van der Waals surface area contributed by atoms with Crippen molar-refractivity contribution < 1.29 is 24.2 Å². The molecule has 4 rings (SSSR count). The van der Waals surface area contributed by atoms with Crippen molar-refractivity contribution in [2.75, 3.05) is 49.6 Å². The van der Waals surface area contributed by atoms with Crippen LogP contribution >= 0.6 is 15.9 Å². The number of likely N-dealkylation sites (tertiary alicyclic amines) is 1. The number of fused-ring (bicyclic) bond motifs is 1. The van der Waals surface area contributed by atoms with Gasteiger partial charge in [0.2, 0.25) is 11.8 Å². The van der Waals surface area contributed by atoms with Gasteiger partial charge < -0.3 is 29.4 Å². The minimum atomic E-state index is -1.22. The quantitative estimate of drug-likeness (QED) is 0.241. The number of aliphatic hydroxyl groups excluding tert-OH is 1. The Hall–Kier alpha value is -2.69. The number of anilines is 2. The molecular weight excluding hydrogens is 612 g/mol. The highest BCUT2D eigenvalue weighted by Gasteiger charge is 2.77. The summed E-state index contributed by atoms with van der Waals surface area (Å²) in [4.78, 5) is 50.0. The maximum atomic E-state index is 14.9. The third kappa shape index (κ3) is 5.55. The number of benzene rings is 1. The lowest BCUT2D eigenvalue weighted by molar-refractivity contribution is -0.147. The normalized spacial score (nSPS) is 28.8. The van der Waals surface area contributed by atoms with E-state index in [0.29, 0.717) is 25.1 Å². The molecule has 10 heteroatoms. The topological polar surface area (TPSA) is 93.6 Å². The summed E-state index contributed by atoms with van der Waals surface area (Å²) in [6.07, 6.45) is 3.86. The Balaban J connectivity index is 1.83. The Morgan fingerprint density at radius 3 is 2.26 bits per heavy atom. The fraction of sp³-hybridized carbons (Fsp3) is 0.606. The molecule has 9 nitrogen and oxygen atoms in total. The van der Waals surface area contributed by atoms with Crippen molar-refractivity contribution in [3.05, 3.63) is 49.6 Å². The van der Waals surface area contributed by atoms with E-state index >= 15 is 0 Å². The van der Waals surface area contributed by atoms with Crippen molar-refractivity contribution in [1.29, 1.82) is 0 Å². The van der Waals surface area contributed by atoms with Crippen molar-refractivity contribution in [1.82, 2.24) is 9.80 Å². The van der Waals surface area contributed by atoms with Crippen LogP contribution in [0.3, 0.4) is 0 Å². The molecule has 1 aromatic rings. The fourth-order valence-electron chi connectivity index (χ4n) is 7.37. The average Bonchev–Trinajstić information content (AvgIpc) is 3.60. The largest absolute Gasteiger partial charge is 0.394 e. The van der Waals surface area contributed by atoms with Gasteiger partial charge in [0.25, 0.3) is 5.91 Å². The highest BCUT2D eigenvalue weighted by atomic mass is 79.9. The first-order valence-corrected chi connectivity index (χ1v) is 16.4. The van der Waals surface area contributed by atoms with E-state index < -0.39 is 35.6 Å². The summed E-state index contributed by atoms with van der Waals surface area (Å²) < 4.78 is 6.70. The zero-order chi connectivity index (χ0) is 31.6. The first-order chi connectivity index (χ1) is 20.6. The molecule has 1 aromatic carbocycles. The zero-order valence-electron chi connectivity index (χ0n) is 26.1. The predicted molar refractivity (Wildman–Crippen MR) is 173 cm³/mol. The number of ether oxygens (including phenoxy) is 1. The summed E-state index contributed by atoms with van der Waals surface area (Å²) >= 11 is 3.74. The number of amides is 3. The van der Waals surface area contributed by atoms with Gasteiger partial charge >= 0.3 is 0 Å². The standard InChI is InChI=1S/C33H47BrN4O5/c1-8-17-35(7)30(40)26-27-31(41)38(25(20-39)21(6)10-3)29(33(27)19-24(34)28(26)43-33)32(42)37(18-9-2)23-15-13-22(14-16-23)36(11-4)12-5/h8-9,13-16,21,24-29,39H,1-2,10-12,17-20H2,3-7H3/t21-,24?,25-,26-,27-,28-,29?,33?/m0/s1. The van der Waals surface area contributed by atoms with Crippen LogP contribution in [0.25, 0.3) is 0 Å². The van der Waals surface area contributed by atoms with Crippen LogP contribution in [0, 0.1) is 17.8 Å². The minimum Gasteiger partial charge on any atom is -0.394 e. The SMILES string of the molecule is C=CCN(C)C(=O)[C@H]1[C@H]2C(=O)N([C@@H](CO)[C@@H](C)CC)C(C(=O)N(CC=C)c3ccc(N(CC)CC)cc3)C23CC(Br)[C@@H]1O3. The zero-order valence-corrected chi connectivity index (χ0v) is 27.7. The molecule has 1 spiro atoms. The molecule has 3 heterocycles. The van der Waals surface area contributed by atoms with E-state index in [-0.39, 0.29) is 41.6 Å². The van der Waals surface area contributed by atoms with E-state index in [9.17, 15) is 19.5 Å². The second-order valence-corrected chi connectivity index (χ2v) is 13.2. The molecule has 0 radical (unpaired) electrons. The molecule has 3 aliphatic heterocycles. The van der Waals surface area contributed by atoms with E-state index in [4.69, 9.17) is 4.74 Å². The molecule has 3 fully saturated rings. The van der Waals surface area contributed by atoms with Crippen LogP contribution in [0.4, 0.5) is 11.4 Å². The number of rotatable bonds is 14. The number of nitrogens with zero attached hydrogens (tertiary/aromatic N) is 4. The first-order valence-electron chi connectivity index (χ1n) is 15.4. The van der Waals surface area contributed by atoms with Crippen molar-refractivity contribution in [2.45, 2.75) is 69.2 Å². The number of likely N-dealkylation sites (N-methyl/N-ethyl adjacent to an activating group) is 1. The van der Waals surface area contributed by atoms with Gasteiger partial charge in [-0.1, -0.05) is 48.4 Å². The number of halogens is 1. The molecule has 3 amide bonds. The molecular formula is C33H47BrN4O5. The van der Waals surface area contributed by atoms with Gasteiger partial charge in [-0.05, 0) is 50.5 Å². The van der Waals surface area contributed by atoms with Crippen LogP contribution in [0.5, 0.6) is 0 Å². The third-order valence-corrected chi connectivity index (χ3v) is 10.6. The van der Waals surface area contributed by atoms with E-state index in [1.165, 1.54) is 0 Å². The lowest BCUT2D eigenvalue weighted by atomic mass is 9.70. The van der Waals surface area contributed by atoms with Crippen molar-refractivity contribution in [3.8, 4) is 0 Å². The van der Waals surface area contributed by atoms with Crippen LogP contribution in [0.2, 0.25) is 0 Å². The second kappa shape index (κ2) is 13.5. The number of alkyl halides is 1. The highest BCUT2D eigenvalue weighted by molar-refractivity contribution is 9.09. The van der Waals surface area contributed by atoms with Crippen molar-refractivity contribution >= 4 is 45.0 Å². The lowest BCUT2D eigenvalue weighted by Crippen LogP contribution is -2.60. The van der Waals surface area contributed by atoms with Gasteiger partial charge in [0.15, 0.2) is 0 Å². The molecule has 3 saturated heterocycles. The Labute approximate surface area is 264 Å². The van der Waals surface area contributed by atoms with Gasteiger partial charge in [-0.25, -0.2) is 0 Å². The van der Waals surface area contributed by atoms with Crippen LogP contribution < -0.4 is 9.80 Å². The summed E-state index contributed by atoms with van der Waals surface area (Å²) in [5.41, 5.74) is 0.514. The Morgan fingerprint density at radius 2 is 1.72 bits per heavy atom. The molecule has 43 heavy (non-hydrogen) atoms. The van der Waals surface area contributed by atoms with Crippen LogP contribution in [0.1, 0.15) is 40.5 Å². The Kier molecular flexibility index (Phi) is 10.4. The van der Waals surface area contributed by atoms with Crippen LogP contribution in [-0.2, 0) is 19.1 Å². The molecule has 2 bridgehead atoms. The summed E-state index contributed by atoms with van der Waals surface area (Å²) in [5, 5.41) is 10.6. The van der Waals surface area contributed by atoms with Crippen molar-refractivity contribution in [3.63, 3.8) is 0 Å². The molecule has 3 unspecified atom stereocenters. The highest BCUT2D eigenvalue weighted by Crippen LogP contribution is 2.61. The number of hydrogen-bond acceptors (Lipinski definition) is 6.